The van der Waals surface area contributed by atoms with E-state index in [1.54, 1.807) is 0 Å². The molecule has 0 radical (unpaired) electrons. The van der Waals surface area contributed by atoms with E-state index in [9.17, 15) is 0 Å². The third-order valence-corrected chi connectivity index (χ3v) is 11.9. The molecule has 260 valence electrons. The molecule has 3 heteroatoms. The molecule has 1 spiro atoms. The van der Waals surface area contributed by atoms with Crippen molar-refractivity contribution in [3.05, 3.63) is 216 Å². The molecule has 8 aromatic carbocycles. The Morgan fingerprint density at radius 3 is 1.46 bits per heavy atom. The summed E-state index contributed by atoms with van der Waals surface area (Å²) in [4.78, 5) is 10.2. The highest BCUT2D eigenvalue weighted by atomic mass is 16.3. The van der Waals surface area contributed by atoms with Crippen molar-refractivity contribution < 1.29 is 4.42 Å². The molecule has 0 fully saturated rings. The van der Waals surface area contributed by atoms with Crippen LogP contribution >= 0.6 is 0 Å². The lowest BCUT2D eigenvalue weighted by atomic mass is 9.70. The fraction of sp³-hybridized carbons (Fsp3) is 0.0189. The summed E-state index contributed by atoms with van der Waals surface area (Å²) in [5, 5.41) is 2.17. The Morgan fingerprint density at radius 1 is 0.339 bits per heavy atom. The summed E-state index contributed by atoms with van der Waals surface area (Å²) < 4.78 is 6.68. The molecule has 0 N–H and O–H groups in total. The lowest BCUT2D eigenvalue weighted by Gasteiger charge is -2.30. The molecule has 0 atom stereocenters. The van der Waals surface area contributed by atoms with E-state index in [4.69, 9.17) is 14.4 Å². The number of benzene rings is 8. The van der Waals surface area contributed by atoms with E-state index < -0.39 is 5.41 Å². The highest BCUT2D eigenvalue weighted by Gasteiger charge is 2.51. The van der Waals surface area contributed by atoms with Gasteiger partial charge in [0.2, 0.25) is 0 Å². The van der Waals surface area contributed by atoms with E-state index in [-0.39, 0.29) is 0 Å². The van der Waals surface area contributed by atoms with E-state index in [0.29, 0.717) is 5.82 Å². The summed E-state index contributed by atoms with van der Waals surface area (Å²) >= 11 is 0. The van der Waals surface area contributed by atoms with Crippen LogP contribution in [0.25, 0.3) is 89.2 Å². The highest BCUT2D eigenvalue weighted by molar-refractivity contribution is 6.13. The van der Waals surface area contributed by atoms with Crippen molar-refractivity contribution in [3.63, 3.8) is 0 Å². The molecule has 0 unspecified atom stereocenters. The van der Waals surface area contributed by atoms with Crippen molar-refractivity contribution in [2.45, 2.75) is 5.41 Å². The van der Waals surface area contributed by atoms with Crippen LogP contribution < -0.4 is 0 Å². The fourth-order valence-electron chi connectivity index (χ4n) is 9.56. The molecule has 12 rings (SSSR count). The largest absolute Gasteiger partial charge is 0.456 e. The van der Waals surface area contributed by atoms with Crippen molar-refractivity contribution >= 4 is 21.9 Å². The lowest BCUT2D eigenvalue weighted by molar-refractivity contribution is 0.669. The quantitative estimate of drug-likeness (QED) is 0.182. The fourth-order valence-corrected chi connectivity index (χ4v) is 9.56. The van der Waals surface area contributed by atoms with E-state index in [0.717, 1.165) is 55.6 Å². The molecule has 2 aliphatic carbocycles. The van der Waals surface area contributed by atoms with Gasteiger partial charge in [-0.05, 0) is 86.0 Å². The molecule has 2 aliphatic rings. The second-order valence-corrected chi connectivity index (χ2v) is 14.8. The number of hydrogen-bond donors (Lipinski definition) is 0. The average molecular weight is 713 g/mol. The zero-order valence-electron chi connectivity index (χ0n) is 30.3. The van der Waals surface area contributed by atoms with E-state index in [1.807, 2.05) is 36.4 Å². The van der Waals surface area contributed by atoms with Gasteiger partial charge < -0.3 is 4.42 Å². The maximum atomic E-state index is 6.68. The topological polar surface area (TPSA) is 38.9 Å². The first-order chi connectivity index (χ1) is 27.8. The molecule has 0 bridgehead atoms. The molecule has 2 heterocycles. The van der Waals surface area contributed by atoms with Gasteiger partial charge in [0.25, 0.3) is 0 Å². The van der Waals surface area contributed by atoms with Crippen LogP contribution in [0, 0.1) is 0 Å². The first-order valence-corrected chi connectivity index (χ1v) is 19.2. The molecular formula is C53H32N2O. The zero-order chi connectivity index (χ0) is 36.8. The van der Waals surface area contributed by atoms with Gasteiger partial charge >= 0.3 is 0 Å². The number of hydrogen-bond acceptors (Lipinski definition) is 3. The summed E-state index contributed by atoms with van der Waals surface area (Å²) in [5.74, 6) is 0.661. The Bertz CT molecular complexity index is 3080. The number of aromatic nitrogens is 2. The van der Waals surface area contributed by atoms with Gasteiger partial charge in [0.15, 0.2) is 5.82 Å². The molecule has 10 aromatic rings. The highest BCUT2D eigenvalue weighted by Crippen LogP contribution is 2.63. The number of rotatable bonds is 4. The molecule has 3 nitrogen and oxygen atoms in total. The van der Waals surface area contributed by atoms with Crippen molar-refractivity contribution in [1.29, 1.82) is 0 Å². The van der Waals surface area contributed by atoms with Crippen LogP contribution in [0.3, 0.4) is 0 Å². The SMILES string of the molecule is c1ccc(-c2cc(-c3ccccc3)nc(-c3ccc4c(c3)oc3cccc(-c5ccc6c(c5)C5(c7ccccc7-c7ccccc75)c5ccccc5-6)c34)n2)cc1. The Labute approximate surface area is 324 Å². The Hall–Kier alpha value is -7.36. The smallest absolute Gasteiger partial charge is 0.160 e. The third-order valence-electron chi connectivity index (χ3n) is 11.9. The second-order valence-electron chi connectivity index (χ2n) is 14.8. The van der Waals surface area contributed by atoms with E-state index in [1.165, 1.54) is 50.1 Å². The Balaban J connectivity index is 1.03. The van der Waals surface area contributed by atoms with Crippen LogP contribution in [0.1, 0.15) is 22.3 Å². The minimum atomic E-state index is -0.400. The maximum Gasteiger partial charge on any atom is 0.160 e. The van der Waals surface area contributed by atoms with Crippen molar-refractivity contribution in [3.8, 4) is 67.3 Å². The lowest BCUT2D eigenvalue weighted by Crippen LogP contribution is -2.25. The molecule has 0 aliphatic heterocycles. The molecule has 56 heavy (non-hydrogen) atoms. The standard InChI is InChI=1S/C53H32N2O/c1-3-14-33(15-4-1)47-32-48(34-16-5-2-6-17-34)55-52(54-47)36-27-29-42-50(31-36)56-49-25-13-21-37(51(42)49)35-26-28-41-40-20-9-12-24-45(40)53(46(41)30-35)43-22-10-7-18-38(43)39-19-8-11-23-44(39)53/h1-32H. The van der Waals surface area contributed by atoms with Crippen molar-refractivity contribution in [2.75, 3.05) is 0 Å². The molecule has 0 amide bonds. The number of fused-ring (bicyclic) bond motifs is 13. The normalized spacial score (nSPS) is 13.1. The van der Waals surface area contributed by atoms with Crippen LogP contribution in [0.2, 0.25) is 0 Å². The summed E-state index contributed by atoms with van der Waals surface area (Å²) in [5.41, 5.74) is 18.9. The summed E-state index contributed by atoms with van der Waals surface area (Å²) in [6.07, 6.45) is 0. The van der Waals surface area contributed by atoms with Gasteiger partial charge in [-0.15, -0.1) is 0 Å². The van der Waals surface area contributed by atoms with Gasteiger partial charge in [0.1, 0.15) is 11.2 Å². The molecule has 0 saturated carbocycles. The average Bonchev–Trinajstić information content (AvgIpc) is 3.90. The van der Waals surface area contributed by atoms with Gasteiger partial charge in [-0.25, -0.2) is 9.97 Å². The molecule has 2 aromatic heterocycles. The predicted molar refractivity (Wildman–Crippen MR) is 227 cm³/mol. The van der Waals surface area contributed by atoms with Gasteiger partial charge in [0, 0.05) is 27.5 Å². The third kappa shape index (κ3) is 4.34. The van der Waals surface area contributed by atoms with Gasteiger partial charge in [0.05, 0.1) is 16.8 Å². The summed E-state index contributed by atoms with van der Waals surface area (Å²) in [6, 6.07) is 69.5. The van der Waals surface area contributed by atoms with Crippen LogP contribution in [0.15, 0.2) is 199 Å². The maximum absolute atomic E-state index is 6.68. The number of furan rings is 1. The van der Waals surface area contributed by atoms with Gasteiger partial charge in [-0.1, -0.05) is 164 Å². The van der Waals surface area contributed by atoms with Gasteiger partial charge in [-0.2, -0.15) is 0 Å². The molecule has 0 saturated heterocycles. The first-order valence-electron chi connectivity index (χ1n) is 19.2. The van der Waals surface area contributed by atoms with Crippen LogP contribution in [0.4, 0.5) is 0 Å². The van der Waals surface area contributed by atoms with E-state index in [2.05, 4.69) is 158 Å². The number of nitrogens with zero attached hydrogens (tertiary/aromatic N) is 2. The summed E-state index contributed by atoms with van der Waals surface area (Å²) in [7, 11) is 0. The zero-order valence-corrected chi connectivity index (χ0v) is 30.3. The van der Waals surface area contributed by atoms with Crippen molar-refractivity contribution in [2.24, 2.45) is 0 Å². The minimum absolute atomic E-state index is 0.400. The van der Waals surface area contributed by atoms with Crippen LogP contribution in [0.5, 0.6) is 0 Å². The summed E-state index contributed by atoms with van der Waals surface area (Å²) in [6.45, 7) is 0. The molecular weight excluding hydrogens is 681 g/mol. The first kappa shape index (κ1) is 31.0. The van der Waals surface area contributed by atoms with Gasteiger partial charge in [-0.3, -0.25) is 0 Å². The van der Waals surface area contributed by atoms with Crippen molar-refractivity contribution in [1.82, 2.24) is 9.97 Å². The van der Waals surface area contributed by atoms with Crippen LogP contribution in [-0.4, -0.2) is 9.97 Å². The van der Waals surface area contributed by atoms with Crippen LogP contribution in [-0.2, 0) is 5.41 Å². The Kier molecular flexibility index (Phi) is 6.55. The second kappa shape index (κ2) is 11.8. The minimum Gasteiger partial charge on any atom is -0.456 e. The Morgan fingerprint density at radius 2 is 0.857 bits per heavy atom. The monoisotopic (exact) mass is 712 g/mol. The van der Waals surface area contributed by atoms with E-state index >= 15 is 0 Å². The predicted octanol–water partition coefficient (Wildman–Crippen LogP) is 13.4.